The van der Waals surface area contributed by atoms with Crippen molar-refractivity contribution >= 4 is 28.8 Å². The van der Waals surface area contributed by atoms with E-state index < -0.39 is 23.8 Å². The predicted octanol–water partition coefficient (Wildman–Crippen LogP) is 0.523. The third-order valence-electron chi connectivity index (χ3n) is 4.58. The summed E-state index contributed by atoms with van der Waals surface area (Å²) < 4.78 is 3.74. The molecule has 4 rings (SSSR count). The number of nitrogens with zero attached hydrogens (tertiary/aromatic N) is 5. The first kappa shape index (κ1) is 16.1. The maximum absolute atomic E-state index is 12.8. The number of aliphatic carboxylic acids is 1. The van der Waals surface area contributed by atoms with E-state index in [9.17, 15) is 14.4 Å². The molecule has 1 aliphatic rings. The highest BCUT2D eigenvalue weighted by atomic mass is 16.4. The number of benzene rings is 1. The summed E-state index contributed by atoms with van der Waals surface area (Å²) in [5.74, 6) is -0.662. The molecule has 0 unspecified atom stereocenters. The zero-order valence-electron chi connectivity index (χ0n) is 14.1. The van der Waals surface area contributed by atoms with Gasteiger partial charge in [-0.25, -0.2) is 9.36 Å². The number of hydrogen-bond donors (Lipinski definition) is 1. The Bertz CT molecular complexity index is 1130. The van der Waals surface area contributed by atoms with E-state index in [4.69, 9.17) is 5.11 Å². The van der Waals surface area contributed by atoms with E-state index in [1.165, 1.54) is 11.6 Å². The summed E-state index contributed by atoms with van der Waals surface area (Å²) in [6, 6.07) is 9.68. The Morgan fingerprint density at radius 3 is 2.62 bits per heavy atom. The van der Waals surface area contributed by atoms with Crippen LogP contribution in [0, 0.1) is 0 Å². The van der Waals surface area contributed by atoms with Crippen LogP contribution in [0.25, 0.3) is 11.2 Å². The number of aryl methyl sites for hydroxylation is 2. The first-order valence-electron chi connectivity index (χ1n) is 8.23. The number of anilines is 2. The monoisotopic (exact) mass is 355 g/mol. The molecule has 2 aromatic heterocycles. The van der Waals surface area contributed by atoms with Crippen LogP contribution >= 0.6 is 0 Å². The SMILES string of the molecule is Cn1c(=O)n(CC(=O)O)c(=O)c2c1nc1n2CCCN1c1ccccc1. The zero-order chi connectivity index (χ0) is 18.4. The average Bonchev–Trinajstić information content (AvgIpc) is 3.04. The molecule has 9 nitrogen and oxygen atoms in total. The molecule has 1 aliphatic heterocycles. The van der Waals surface area contributed by atoms with Crippen LogP contribution in [0.1, 0.15) is 6.42 Å². The second kappa shape index (κ2) is 5.87. The maximum atomic E-state index is 12.8. The van der Waals surface area contributed by atoms with E-state index in [0.717, 1.165) is 23.2 Å². The van der Waals surface area contributed by atoms with Gasteiger partial charge >= 0.3 is 11.7 Å². The molecule has 1 aromatic carbocycles. The lowest BCUT2D eigenvalue weighted by atomic mass is 10.2. The number of rotatable bonds is 3. The molecular weight excluding hydrogens is 338 g/mol. The Balaban J connectivity index is 2.01. The van der Waals surface area contributed by atoms with Crippen LogP contribution in [0.15, 0.2) is 39.9 Å². The number of hydrogen-bond acceptors (Lipinski definition) is 5. The molecule has 0 fully saturated rings. The molecule has 0 radical (unpaired) electrons. The second-order valence-electron chi connectivity index (χ2n) is 6.20. The van der Waals surface area contributed by atoms with Gasteiger partial charge in [-0.05, 0) is 18.6 Å². The van der Waals surface area contributed by atoms with Gasteiger partial charge in [0.25, 0.3) is 5.56 Å². The number of carboxylic acids is 1. The summed E-state index contributed by atoms with van der Waals surface area (Å²) in [5.41, 5.74) is 0.147. The molecule has 0 atom stereocenters. The van der Waals surface area contributed by atoms with Crippen molar-refractivity contribution in [3.05, 3.63) is 51.2 Å². The van der Waals surface area contributed by atoms with Crippen LogP contribution in [0.3, 0.4) is 0 Å². The summed E-state index contributed by atoms with van der Waals surface area (Å²) in [7, 11) is 1.49. The van der Waals surface area contributed by atoms with Gasteiger partial charge in [0.05, 0.1) is 0 Å². The van der Waals surface area contributed by atoms with Gasteiger partial charge in [0.2, 0.25) is 5.95 Å². The second-order valence-corrected chi connectivity index (χ2v) is 6.20. The summed E-state index contributed by atoms with van der Waals surface area (Å²) in [6.07, 6.45) is 0.800. The molecule has 0 spiro atoms. The highest BCUT2D eigenvalue weighted by Gasteiger charge is 2.27. The minimum Gasteiger partial charge on any atom is -0.480 e. The lowest BCUT2D eigenvalue weighted by Gasteiger charge is -2.28. The van der Waals surface area contributed by atoms with E-state index >= 15 is 0 Å². The summed E-state index contributed by atoms with van der Waals surface area (Å²) in [4.78, 5) is 42.8. The van der Waals surface area contributed by atoms with Gasteiger partial charge in [0, 0.05) is 25.8 Å². The Morgan fingerprint density at radius 1 is 1.19 bits per heavy atom. The van der Waals surface area contributed by atoms with Crippen molar-refractivity contribution in [2.45, 2.75) is 19.5 Å². The summed E-state index contributed by atoms with van der Waals surface area (Å²) in [6.45, 7) is 0.643. The average molecular weight is 355 g/mol. The zero-order valence-corrected chi connectivity index (χ0v) is 14.1. The van der Waals surface area contributed by atoms with Crippen LogP contribution in [-0.2, 0) is 24.9 Å². The van der Waals surface area contributed by atoms with Crippen molar-refractivity contribution in [1.82, 2.24) is 18.7 Å². The van der Waals surface area contributed by atoms with Gasteiger partial charge < -0.3 is 14.6 Å². The minimum atomic E-state index is -1.24. The maximum Gasteiger partial charge on any atom is 0.333 e. The molecule has 0 saturated carbocycles. The molecule has 1 N–H and O–H groups in total. The highest BCUT2D eigenvalue weighted by Crippen LogP contribution is 2.30. The molecule has 134 valence electrons. The van der Waals surface area contributed by atoms with Crippen molar-refractivity contribution in [3.63, 3.8) is 0 Å². The van der Waals surface area contributed by atoms with Gasteiger partial charge in [0.15, 0.2) is 11.2 Å². The first-order valence-corrected chi connectivity index (χ1v) is 8.23. The first-order chi connectivity index (χ1) is 12.5. The molecule has 3 aromatic rings. The standard InChI is InChI=1S/C17H17N5O4/c1-19-14-13(15(25)22(17(19)26)10-12(23)24)21-9-5-8-20(16(21)18-14)11-6-3-2-4-7-11/h2-4,6-7H,5,8-10H2,1H3,(H,23,24). The number of carboxylic acid groups (broad SMARTS) is 1. The molecule has 0 aliphatic carbocycles. The van der Waals surface area contributed by atoms with Crippen molar-refractivity contribution in [2.24, 2.45) is 7.05 Å². The molecule has 0 saturated heterocycles. The summed E-state index contributed by atoms with van der Waals surface area (Å²) in [5, 5.41) is 9.02. The van der Waals surface area contributed by atoms with Crippen molar-refractivity contribution in [1.29, 1.82) is 0 Å². The van der Waals surface area contributed by atoms with E-state index in [-0.39, 0.29) is 11.2 Å². The van der Waals surface area contributed by atoms with Crippen LogP contribution < -0.4 is 16.1 Å². The number of aromatic nitrogens is 4. The number of carbonyl (C=O) groups is 1. The van der Waals surface area contributed by atoms with E-state index in [1.807, 2.05) is 35.2 Å². The number of para-hydroxylation sites is 1. The quantitative estimate of drug-likeness (QED) is 0.735. The summed E-state index contributed by atoms with van der Waals surface area (Å²) >= 11 is 0. The van der Waals surface area contributed by atoms with Crippen LogP contribution in [0.2, 0.25) is 0 Å². The molecule has 9 heteroatoms. The third kappa shape index (κ3) is 2.32. The van der Waals surface area contributed by atoms with Crippen molar-refractivity contribution < 1.29 is 9.90 Å². The van der Waals surface area contributed by atoms with Gasteiger partial charge in [-0.1, -0.05) is 18.2 Å². The minimum absolute atomic E-state index is 0.254. The van der Waals surface area contributed by atoms with Gasteiger partial charge in [-0.15, -0.1) is 0 Å². The normalized spacial score (nSPS) is 13.8. The van der Waals surface area contributed by atoms with Gasteiger partial charge in [0.1, 0.15) is 6.54 Å². The van der Waals surface area contributed by atoms with Crippen LogP contribution in [-0.4, -0.2) is 36.3 Å². The third-order valence-corrected chi connectivity index (χ3v) is 4.58. The van der Waals surface area contributed by atoms with Crippen LogP contribution in [0.5, 0.6) is 0 Å². The smallest absolute Gasteiger partial charge is 0.333 e. The largest absolute Gasteiger partial charge is 0.480 e. The Hall–Kier alpha value is -3.36. The highest BCUT2D eigenvalue weighted by molar-refractivity contribution is 5.77. The molecule has 0 amide bonds. The molecule has 26 heavy (non-hydrogen) atoms. The fourth-order valence-corrected chi connectivity index (χ4v) is 3.39. The molecule has 0 bridgehead atoms. The van der Waals surface area contributed by atoms with Crippen molar-refractivity contribution in [3.8, 4) is 0 Å². The number of fused-ring (bicyclic) bond motifs is 3. The van der Waals surface area contributed by atoms with E-state index in [2.05, 4.69) is 4.98 Å². The fourth-order valence-electron chi connectivity index (χ4n) is 3.39. The topological polar surface area (TPSA) is 102 Å². The fraction of sp³-hybridized carbons (Fsp3) is 0.294. The molecule has 3 heterocycles. The van der Waals surface area contributed by atoms with E-state index in [0.29, 0.717) is 12.5 Å². The van der Waals surface area contributed by atoms with Crippen molar-refractivity contribution in [2.75, 3.05) is 11.4 Å². The lowest BCUT2D eigenvalue weighted by Crippen LogP contribution is -2.41. The lowest BCUT2D eigenvalue weighted by molar-refractivity contribution is -0.137. The Morgan fingerprint density at radius 2 is 1.92 bits per heavy atom. The van der Waals surface area contributed by atoms with Crippen LogP contribution in [0.4, 0.5) is 11.6 Å². The molecular formula is C17H17N5O4. The number of imidazole rings is 1. The predicted molar refractivity (Wildman–Crippen MR) is 94.9 cm³/mol. The van der Waals surface area contributed by atoms with E-state index in [1.54, 1.807) is 4.57 Å². The van der Waals surface area contributed by atoms with Gasteiger partial charge in [-0.3, -0.25) is 14.2 Å². The van der Waals surface area contributed by atoms with Gasteiger partial charge in [-0.2, -0.15) is 4.98 Å². The Kier molecular flexibility index (Phi) is 3.64. The Labute approximate surface area is 147 Å².